The number of nitrogens with one attached hydrogen (secondary N) is 2. The van der Waals surface area contributed by atoms with Gasteiger partial charge in [0.1, 0.15) is 10.7 Å². The molecule has 0 unspecified atom stereocenters. The van der Waals surface area contributed by atoms with Crippen molar-refractivity contribution in [2.75, 3.05) is 10.6 Å². The van der Waals surface area contributed by atoms with E-state index in [1.165, 1.54) is 6.92 Å². The average molecular weight is 325 g/mol. The smallest absolute Gasteiger partial charge is 0.227 e. The molecule has 6 nitrogen and oxygen atoms in total. The molecule has 0 saturated carbocycles. The Morgan fingerprint density at radius 1 is 1.17 bits per heavy atom. The van der Waals surface area contributed by atoms with Gasteiger partial charge in [-0.2, -0.15) is 0 Å². The molecule has 7 heteroatoms. The first kappa shape index (κ1) is 15.1. The van der Waals surface area contributed by atoms with Gasteiger partial charge in [0.15, 0.2) is 0 Å². The van der Waals surface area contributed by atoms with Crippen LogP contribution in [0.4, 0.5) is 17.3 Å². The zero-order valence-corrected chi connectivity index (χ0v) is 13.5. The Hall–Kier alpha value is -2.80. The van der Waals surface area contributed by atoms with Crippen LogP contribution in [0.5, 0.6) is 0 Å². The zero-order chi connectivity index (χ0) is 16.2. The van der Waals surface area contributed by atoms with Crippen molar-refractivity contribution in [3.05, 3.63) is 47.6 Å². The monoisotopic (exact) mass is 325 g/mol. The molecule has 0 spiro atoms. The number of hydrogen-bond acceptors (Lipinski definition) is 6. The summed E-state index contributed by atoms with van der Waals surface area (Å²) in [6.07, 6.45) is 3.52. The van der Waals surface area contributed by atoms with E-state index in [4.69, 9.17) is 0 Å². The maximum atomic E-state index is 11.1. The largest absolute Gasteiger partial charge is 0.326 e. The van der Waals surface area contributed by atoms with E-state index in [1.807, 2.05) is 43.5 Å². The van der Waals surface area contributed by atoms with Crippen LogP contribution < -0.4 is 10.6 Å². The van der Waals surface area contributed by atoms with E-state index in [9.17, 15) is 4.79 Å². The van der Waals surface area contributed by atoms with Crippen molar-refractivity contribution in [1.82, 2.24) is 15.0 Å². The molecule has 3 rings (SSSR count). The van der Waals surface area contributed by atoms with Crippen LogP contribution in [0.15, 0.2) is 42.7 Å². The van der Waals surface area contributed by atoms with Gasteiger partial charge in [0.05, 0.1) is 0 Å². The molecule has 0 fully saturated rings. The molecular formula is C16H15N5OS. The highest BCUT2D eigenvalue weighted by Crippen LogP contribution is 2.24. The molecule has 0 atom stereocenters. The topological polar surface area (TPSA) is 79.8 Å². The standard InChI is InChI=1S/C16H15N5OS/c1-10-9-18-15(23-10)14-6-7-17-16(21-14)20-13-5-3-4-12(8-13)19-11(2)22/h3-9H,1-2H3,(H,19,22)(H,17,20,21). The predicted molar refractivity (Wildman–Crippen MR) is 91.9 cm³/mol. The van der Waals surface area contributed by atoms with E-state index in [0.29, 0.717) is 11.6 Å². The summed E-state index contributed by atoms with van der Waals surface area (Å²) in [6.45, 7) is 3.48. The number of aromatic nitrogens is 3. The molecule has 0 aliphatic heterocycles. The lowest BCUT2D eigenvalue weighted by molar-refractivity contribution is -0.114. The lowest BCUT2D eigenvalue weighted by atomic mass is 10.2. The maximum Gasteiger partial charge on any atom is 0.227 e. The number of carbonyl (C=O) groups is 1. The summed E-state index contributed by atoms with van der Waals surface area (Å²) >= 11 is 1.59. The van der Waals surface area contributed by atoms with Crippen LogP contribution in [0.2, 0.25) is 0 Å². The van der Waals surface area contributed by atoms with E-state index in [0.717, 1.165) is 21.3 Å². The number of thiazole rings is 1. The first-order chi connectivity index (χ1) is 11.1. The van der Waals surface area contributed by atoms with Crippen LogP contribution >= 0.6 is 11.3 Å². The fourth-order valence-electron chi connectivity index (χ4n) is 2.02. The molecule has 0 aliphatic rings. The van der Waals surface area contributed by atoms with Crippen LogP contribution in [0.25, 0.3) is 10.7 Å². The van der Waals surface area contributed by atoms with E-state index >= 15 is 0 Å². The fraction of sp³-hybridized carbons (Fsp3) is 0.125. The maximum absolute atomic E-state index is 11.1. The highest BCUT2D eigenvalue weighted by Gasteiger charge is 2.06. The van der Waals surface area contributed by atoms with Crippen LogP contribution in [-0.4, -0.2) is 20.9 Å². The zero-order valence-electron chi connectivity index (χ0n) is 12.7. The third-order valence-electron chi connectivity index (χ3n) is 2.94. The van der Waals surface area contributed by atoms with Gasteiger partial charge in [-0.1, -0.05) is 6.07 Å². The summed E-state index contributed by atoms with van der Waals surface area (Å²) in [5.74, 6) is 0.370. The molecule has 0 radical (unpaired) electrons. The first-order valence-corrected chi connectivity index (χ1v) is 7.82. The van der Waals surface area contributed by atoms with Crippen LogP contribution in [0.1, 0.15) is 11.8 Å². The number of carbonyl (C=O) groups excluding carboxylic acids is 1. The Bertz CT molecular complexity index is 846. The molecule has 1 amide bonds. The quantitative estimate of drug-likeness (QED) is 0.766. The highest BCUT2D eigenvalue weighted by atomic mass is 32.1. The third kappa shape index (κ3) is 3.89. The molecule has 0 saturated heterocycles. The van der Waals surface area contributed by atoms with Gasteiger partial charge in [-0.3, -0.25) is 4.79 Å². The van der Waals surface area contributed by atoms with Crippen molar-refractivity contribution >= 4 is 34.6 Å². The second kappa shape index (κ2) is 6.53. The minimum absolute atomic E-state index is 0.112. The Labute approximate surface area is 137 Å². The number of aryl methyl sites for hydroxylation is 1. The van der Waals surface area contributed by atoms with Gasteiger partial charge in [-0.15, -0.1) is 11.3 Å². The van der Waals surface area contributed by atoms with Crippen molar-refractivity contribution in [1.29, 1.82) is 0 Å². The number of anilines is 3. The van der Waals surface area contributed by atoms with Crippen molar-refractivity contribution < 1.29 is 4.79 Å². The second-order valence-corrected chi connectivity index (χ2v) is 6.16. The predicted octanol–water partition coefficient (Wildman–Crippen LogP) is 3.61. The number of amides is 1. The number of benzene rings is 1. The Morgan fingerprint density at radius 3 is 2.74 bits per heavy atom. The molecule has 23 heavy (non-hydrogen) atoms. The van der Waals surface area contributed by atoms with Gasteiger partial charge in [0.2, 0.25) is 11.9 Å². The van der Waals surface area contributed by atoms with Crippen molar-refractivity contribution in [2.24, 2.45) is 0 Å². The van der Waals surface area contributed by atoms with E-state index in [1.54, 1.807) is 17.5 Å². The van der Waals surface area contributed by atoms with Crippen LogP contribution in [0, 0.1) is 6.92 Å². The van der Waals surface area contributed by atoms with Crippen LogP contribution in [-0.2, 0) is 4.79 Å². The summed E-state index contributed by atoms with van der Waals surface area (Å²) in [5, 5.41) is 6.74. The molecule has 116 valence electrons. The second-order valence-electron chi connectivity index (χ2n) is 4.93. The number of rotatable bonds is 4. The summed E-state index contributed by atoms with van der Waals surface area (Å²) < 4.78 is 0. The summed E-state index contributed by atoms with van der Waals surface area (Å²) in [7, 11) is 0. The summed E-state index contributed by atoms with van der Waals surface area (Å²) in [4.78, 5) is 25.3. The lowest BCUT2D eigenvalue weighted by Gasteiger charge is -2.08. The Morgan fingerprint density at radius 2 is 2.00 bits per heavy atom. The Balaban J connectivity index is 1.82. The number of nitrogens with zero attached hydrogens (tertiary/aromatic N) is 3. The van der Waals surface area contributed by atoms with Gasteiger partial charge >= 0.3 is 0 Å². The van der Waals surface area contributed by atoms with Crippen LogP contribution in [0.3, 0.4) is 0 Å². The van der Waals surface area contributed by atoms with E-state index < -0.39 is 0 Å². The molecule has 2 N–H and O–H groups in total. The molecule has 2 heterocycles. The van der Waals surface area contributed by atoms with Crippen molar-refractivity contribution in [2.45, 2.75) is 13.8 Å². The average Bonchev–Trinajstić information content (AvgIpc) is 2.94. The van der Waals surface area contributed by atoms with E-state index in [2.05, 4.69) is 25.6 Å². The fourth-order valence-corrected chi connectivity index (χ4v) is 2.75. The minimum atomic E-state index is -0.112. The molecular weight excluding hydrogens is 310 g/mol. The molecule has 0 bridgehead atoms. The summed E-state index contributed by atoms with van der Waals surface area (Å²) in [6, 6.07) is 9.21. The van der Waals surface area contributed by atoms with Crippen molar-refractivity contribution in [3.8, 4) is 10.7 Å². The summed E-state index contributed by atoms with van der Waals surface area (Å²) in [5.41, 5.74) is 2.29. The van der Waals surface area contributed by atoms with Gasteiger partial charge in [0, 0.05) is 35.6 Å². The number of hydrogen-bond donors (Lipinski definition) is 2. The SMILES string of the molecule is CC(=O)Nc1cccc(Nc2nccc(-c3ncc(C)s3)n2)c1. The van der Waals surface area contributed by atoms with Gasteiger partial charge in [0.25, 0.3) is 0 Å². The molecule has 0 aliphatic carbocycles. The van der Waals surface area contributed by atoms with Gasteiger partial charge in [-0.25, -0.2) is 15.0 Å². The first-order valence-electron chi connectivity index (χ1n) is 7.01. The van der Waals surface area contributed by atoms with E-state index in [-0.39, 0.29) is 5.91 Å². The molecule has 1 aromatic carbocycles. The highest BCUT2D eigenvalue weighted by molar-refractivity contribution is 7.14. The normalized spacial score (nSPS) is 10.3. The Kier molecular flexibility index (Phi) is 4.29. The lowest BCUT2D eigenvalue weighted by Crippen LogP contribution is -2.06. The van der Waals surface area contributed by atoms with Crippen molar-refractivity contribution in [3.63, 3.8) is 0 Å². The molecule has 2 aromatic heterocycles. The van der Waals surface area contributed by atoms with Gasteiger partial charge in [-0.05, 0) is 31.2 Å². The third-order valence-corrected chi connectivity index (χ3v) is 3.87. The molecule has 3 aromatic rings. The minimum Gasteiger partial charge on any atom is -0.326 e. The van der Waals surface area contributed by atoms with Gasteiger partial charge < -0.3 is 10.6 Å².